The van der Waals surface area contributed by atoms with E-state index in [-0.39, 0.29) is 5.60 Å². The van der Waals surface area contributed by atoms with Crippen molar-refractivity contribution in [3.63, 3.8) is 0 Å². The molecule has 3 fully saturated rings. The van der Waals surface area contributed by atoms with E-state index in [2.05, 4.69) is 45.6 Å². The third kappa shape index (κ3) is 2.77. The summed E-state index contributed by atoms with van der Waals surface area (Å²) in [4.78, 5) is 0. The molecule has 21 heavy (non-hydrogen) atoms. The molecule has 5 atom stereocenters. The van der Waals surface area contributed by atoms with Crippen LogP contribution in [0, 0.1) is 17.3 Å². The zero-order valence-corrected chi connectivity index (χ0v) is 14.1. The minimum atomic E-state index is 0.218. The van der Waals surface area contributed by atoms with Gasteiger partial charge in [-0.25, -0.2) is 0 Å². The van der Waals surface area contributed by atoms with E-state index in [4.69, 9.17) is 4.74 Å². The minimum absolute atomic E-state index is 0.218. The number of fused-ring (bicyclic) bond motifs is 2. The van der Waals surface area contributed by atoms with Gasteiger partial charge < -0.3 is 4.74 Å². The molecule has 0 spiro atoms. The van der Waals surface area contributed by atoms with Gasteiger partial charge in [-0.2, -0.15) is 0 Å². The lowest BCUT2D eigenvalue weighted by molar-refractivity contribution is 0.141. The number of hydrogen-bond donors (Lipinski definition) is 0. The molecule has 0 amide bonds. The first kappa shape index (κ1) is 15.1. The van der Waals surface area contributed by atoms with Gasteiger partial charge >= 0.3 is 0 Å². The fraction of sp³-hybridized carbons (Fsp3) is 0.700. The maximum Gasteiger partial charge on any atom is 0.0920 e. The Bertz CT molecular complexity index is 500. The number of hydrogen-bond acceptors (Lipinski definition) is 1. The van der Waals surface area contributed by atoms with Crippen LogP contribution in [0.5, 0.6) is 0 Å². The maximum absolute atomic E-state index is 5.97. The van der Waals surface area contributed by atoms with Crippen molar-refractivity contribution in [2.75, 3.05) is 0 Å². The molecule has 2 aliphatic carbocycles. The first-order valence-electron chi connectivity index (χ1n) is 8.52. The van der Waals surface area contributed by atoms with E-state index in [1.165, 1.54) is 32.1 Å². The summed E-state index contributed by atoms with van der Waals surface area (Å²) in [6, 6.07) is 0. The normalized spacial score (nSPS) is 46.1. The van der Waals surface area contributed by atoms with Crippen LogP contribution >= 0.6 is 0 Å². The van der Waals surface area contributed by atoms with Crippen molar-refractivity contribution in [1.29, 1.82) is 0 Å². The topological polar surface area (TPSA) is 12.5 Å². The third-order valence-electron chi connectivity index (χ3n) is 6.37. The summed E-state index contributed by atoms with van der Waals surface area (Å²) in [6.07, 6.45) is 13.7. The van der Waals surface area contributed by atoms with Crippen molar-refractivity contribution < 1.29 is 4.74 Å². The molecule has 1 heteroatoms. The van der Waals surface area contributed by atoms with Gasteiger partial charge in [0.05, 0.1) is 11.7 Å². The maximum atomic E-state index is 5.97. The van der Waals surface area contributed by atoms with Gasteiger partial charge in [-0.05, 0) is 70.1 Å². The Kier molecular flexibility index (Phi) is 3.68. The van der Waals surface area contributed by atoms with E-state index in [1.807, 2.05) is 6.92 Å². The van der Waals surface area contributed by atoms with Gasteiger partial charge in [0.25, 0.3) is 0 Å². The molecule has 1 aliphatic heterocycles. The highest BCUT2D eigenvalue weighted by atomic mass is 16.6. The average Bonchev–Trinajstić information content (AvgIpc) is 2.91. The Morgan fingerprint density at radius 1 is 1.19 bits per heavy atom. The first-order valence-corrected chi connectivity index (χ1v) is 8.52. The number of ether oxygens (including phenoxy) is 1. The third-order valence-corrected chi connectivity index (χ3v) is 6.37. The van der Waals surface area contributed by atoms with E-state index < -0.39 is 0 Å². The highest BCUT2D eigenvalue weighted by Crippen LogP contribution is 2.61. The van der Waals surface area contributed by atoms with Crippen LogP contribution in [0.15, 0.2) is 36.0 Å². The van der Waals surface area contributed by atoms with Crippen molar-refractivity contribution >= 4 is 0 Å². The number of allylic oxidation sites excluding steroid dienone is 5. The zero-order chi connectivity index (χ0) is 15.3. The monoisotopic (exact) mass is 286 g/mol. The minimum Gasteiger partial charge on any atom is -0.366 e. The molecule has 0 N–H and O–H groups in total. The van der Waals surface area contributed by atoms with E-state index in [1.54, 1.807) is 5.57 Å². The summed E-state index contributed by atoms with van der Waals surface area (Å²) in [5.41, 5.74) is 3.39. The molecular formula is C20H30O. The van der Waals surface area contributed by atoms with Crippen LogP contribution in [-0.2, 0) is 4.74 Å². The van der Waals surface area contributed by atoms with E-state index in [9.17, 15) is 0 Å². The van der Waals surface area contributed by atoms with Gasteiger partial charge in [0, 0.05) is 0 Å². The van der Waals surface area contributed by atoms with Crippen LogP contribution in [0.1, 0.15) is 59.8 Å². The second-order valence-electron chi connectivity index (χ2n) is 8.18. The van der Waals surface area contributed by atoms with Gasteiger partial charge in [-0.15, -0.1) is 0 Å². The molecule has 1 heterocycles. The van der Waals surface area contributed by atoms with Crippen molar-refractivity contribution in [2.45, 2.75) is 71.5 Å². The first-order chi connectivity index (χ1) is 9.84. The molecule has 0 radical (unpaired) electrons. The molecule has 1 saturated heterocycles. The SMILES string of the molecule is C=C(C)C=CC=C(C)C1CCC2(C)CC3OC3(C)CCC12. The fourth-order valence-electron chi connectivity index (χ4n) is 4.83. The van der Waals surface area contributed by atoms with Crippen LogP contribution in [-0.4, -0.2) is 11.7 Å². The van der Waals surface area contributed by atoms with Crippen LogP contribution in [0.2, 0.25) is 0 Å². The van der Waals surface area contributed by atoms with Gasteiger partial charge in [-0.3, -0.25) is 0 Å². The quantitative estimate of drug-likeness (QED) is 0.497. The van der Waals surface area contributed by atoms with E-state index in [0.717, 1.165) is 17.4 Å². The van der Waals surface area contributed by atoms with Crippen LogP contribution in [0.4, 0.5) is 0 Å². The average molecular weight is 286 g/mol. The van der Waals surface area contributed by atoms with Crippen molar-refractivity contribution in [3.05, 3.63) is 36.0 Å². The van der Waals surface area contributed by atoms with Crippen molar-refractivity contribution in [1.82, 2.24) is 0 Å². The highest BCUT2D eigenvalue weighted by molar-refractivity contribution is 5.23. The lowest BCUT2D eigenvalue weighted by atomic mass is 9.72. The summed E-state index contributed by atoms with van der Waals surface area (Å²) >= 11 is 0. The summed E-state index contributed by atoms with van der Waals surface area (Å²) in [5, 5.41) is 0. The molecule has 3 aliphatic rings. The van der Waals surface area contributed by atoms with Crippen molar-refractivity contribution in [2.24, 2.45) is 17.3 Å². The highest BCUT2D eigenvalue weighted by Gasteiger charge is 2.60. The van der Waals surface area contributed by atoms with E-state index >= 15 is 0 Å². The molecule has 0 aromatic carbocycles. The number of rotatable bonds is 3. The fourth-order valence-corrected chi connectivity index (χ4v) is 4.83. The molecule has 0 bridgehead atoms. The Morgan fingerprint density at radius 3 is 2.67 bits per heavy atom. The van der Waals surface area contributed by atoms with Crippen molar-refractivity contribution in [3.8, 4) is 0 Å². The summed E-state index contributed by atoms with van der Waals surface area (Å²) in [6.45, 7) is 13.1. The van der Waals surface area contributed by atoms with Crippen LogP contribution in [0.25, 0.3) is 0 Å². The molecule has 5 unspecified atom stereocenters. The second kappa shape index (κ2) is 5.12. The van der Waals surface area contributed by atoms with E-state index in [0.29, 0.717) is 11.5 Å². The molecule has 1 nitrogen and oxygen atoms in total. The predicted octanol–water partition coefficient (Wildman–Crippen LogP) is 5.44. The predicted molar refractivity (Wildman–Crippen MR) is 89.2 cm³/mol. The zero-order valence-electron chi connectivity index (χ0n) is 14.1. The van der Waals surface area contributed by atoms with Crippen LogP contribution in [0.3, 0.4) is 0 Å². The molecular weight excluding hydrogens is 256 g/mol. The summed E-state index contributed by atoms with van der Waals surface area (Å²) in [5.74, 6) is 1.62. The van der Waals surface area contributed by atoms with Crippen LogP contribution < -0.4 is 0 Å². The second-order valence-corrected chi connectivity index (χ2v) is 8.18. The molecule has 0 aromatic rings. The summed E-state index contributed by atoms with van der Waals surface area (Å²) in [7, 11) is 0. The van der Waals surface area contributed by atoms with Gasteiger partial charge in [0.1, 0.15) is 0 Å². The molecule has 3 rings (SSSR count). The van der Waals surface area contributed by atoms with Gasteiger partial charge in [0.15, 0.2) is 0 Å². The Morgan fingerprint density at radius 2 is 1.95 bits per heavy atom. The molecule has 0 aromatic heterocycles. The lowest BCUT2D eigenvalue weighted by Crippen LogP contribution is -2.26. The molecule has 116 valence electrons. The standard InChI is InChI=1S/C20H30O/c1-14(2)7-6-8-15(3)16-9-11-19(4)13-18-20(5,21-18)12-10-17(16)19/h6-8,16-18H,1,9-13H2,2-5H3. The summed E-state index contributed by atoms with van der Waals surface area (Å²) < 4.78 is 5.97. The Balaban J connectivity index is 1.75. The molecule has 2 saturated carbocycles. The number of epoxide rings is 1. The Labute approximate surface area is 130 Å². The van der Waals surface area contributed by atoms with Gasteiger partial charge in [0.2, 0.25) is 0 Å². The Hall–Kier alpha value is -0.820. The lowest BCUT2D eigenvalue weighted by Gasteiger charge is -2.33. The smallest absolute Gasteiger partial charge is 0.0920 e. The van der Waals surface area contributed by atoms with Gasteiger partial charge in [-0.1, -0.05) is 42.9 Å². The largest absolute Gasteiger partial charge is 0.366 e.